The molecule has 0 radical (unpaired) electrons. The minimum atomic E-state index is 0.206. The molecule has 0 saturated heterocycles. The van der Waals surface area contributed by atoms with Crippen LogP contribution in [0.2, 0.25) is 0 Å². The summed E-state index contributed by atoms with van der Waals surface area (Å²) in [5.74, 6) is 0.206. The van der Waals surface area contributed by atoms with Gasteiger partial charge in [0, 0.05) is 17.0 Å². The van der Waals surface area contributed by atoms with E-state index < -0.39 is 0 Å². The highest BCUT2D eigenvalue weighted by Gasteiger charge is 2.27. The van der Waals surface area contributed by atoms with Crippen LogP contribution in [0.25, 0.3) is 0 Å². The highest BCUT2D eigenvalue weighted by atomic mass is 32.1. The first-order valence-corrected chi connectivity index (χ1v) is 7.42. The maximum atomic E-state index is 9.19. The molecule has 0 aliphatic heterocycles. The van der Waals surface area contributed by atoms with E-state index in [9.17, 15) is 5.26 Å². The zero-order valence-corrected chi connectivity index (χ0v) is 11.2. The standard InChI is InChI=1S/C14H20N2S/c1-2-12(14-8-5-9-17-14)16-13-7-4-3-6-11(13)10-15/h5,8-9,11-13,16H,2-4,6-7H2,1H3. The van der Waals surface area contributed by atoms with Gasteiger partial charge in [-0.15, -0.1) is 11.3 Å². The SMILES string of the molecule is CCC(NC1CCCCC1C#N)c1cccs1. The fraction of sp³-hybridized carbons (Fsp3) is 0.643. The maximum Gasteiger partial charge on any atom is 0.0672 e. The normalized spacial score (nSPS) is 26.4. The van der Waals surface area contributed by atoms with Crippen LogP contribution >= 0.6 is 11.3 Å². The molecule has 1 aromatic rings. The Morgan fingerprint density at radius 1 is 1.53 bits per heavy atom. The minimum Gasteiger partial charge on any atom is -0.305 e. The first-order valence-electron chi connectivity index (χ1n) is 6.54. The molecule has 2 rings (SSSR count). The Balaban J connectivity index is 2.00. The molecular formula is C14H20N2S. The van der Waals surface area contributed by atoms with Crippen molar-refractivity contribution in [2.75, 3.05) is 0 Å². The Morgan fingerprint density at radius 3 is 3.00 bits per heavy atom. The zero-order chi connectivity index (χ0) is 12.1. The molecule has 1 N–H and O–H groups in total. The molecule has 3 unspecified atom stereocenters. The van der Waals surface area contributed by atoms with E-state index in [1.54, 1.807) is 0 Å². The van der Waals surface area contributed by atoms with E-state index in [-0.39, 0.29) is 5.92 Å². The molecule has 1 saturated carbocycles. The minimum absolute atomic E-state index is 0.206. The number of hydrogen-bond acceptors (Lipinski definition) is 3. The summed E-state index contributed by atoms with van der Waals surface area (Å²) in [4.78, 5) is 1.40. The zero-order valence-electron chi connectivity index (χ0n) is 10.4. The van der Waals surface area contributed by atoms with E-state index in [1.807, 2.05) is 11.3 Å². The summed E-state index contributed by atoms with van der Waals surface area (Å²) in [5.41, 5.74) is 0. The number of thiophene rings is 1. The van der Waals surface area contributed by atoms with Crippen molar-refractivity contribution >= 4 is 11.3 Å². The van der Waals surface area contributed by atoms with Crippen molar-refractivity contribution < 1.29 is 0 Å². The average Bonchev–Trinajstić information content (AvgIpc) is 2.90. The number of nitrogens with zero attached hydrogens (tertiary/aromatic N) is 1. The number of nitrogens with one attached hydrogen (secondary N) is 1. The predicted molar refractivity (Wildman–Crippen MR) is 71.8 cm³/mol. The summed E-state index contributed by atoms with van der Waals surface area (Å²) in [6, 6.07) is 7.58. The summed E-state index contributed by atoms with van der Waals surface area (Å²) >= 11 is 1.81. The molecule has 1 heterocycles. The van der Waals surface area contributed by atoms with Crippen LogP contribution in [0, 0.1) is 17.2 Å². The number of rotatable bonds is 4. The third-order valence-corrected chi connectivity index (χ3v) is 4.63. The van der Waals surface area contributed by atoms with Crippen LogP contribution in [-0.4, -0.2) is 6.04 Å². The van der Waals surface area contributed by atoms with Crippen LogP contribution < -0.4 is 5.32 Å². The van der Waals surface area contributed by atoms with Crippen molar-refractivity contribution in [1.29, 1.82) is 5.26 Å². The summed E-state index contributed by atoms with van der Waals surface area (Å²) in [7, 11) is 0. The van der Waals surface area contributed by atoms with Crippen LogP contribution in [0.3, 0.4) is 0 Å². The summed E-state index contributed by atoms with van der Waals surface area (Å²) in [6.07, 6.45) is 5.78. The lowest BCUT2D eigenvalue weighted by Gasteiger charge is -2.31. The van der Waals surface area contributed by atoms with E-state index in [0.717, 1.165) is 19.3 Å². The first kappa shape index (κ1) is 12.6. The van der Waals surface area contributed by atoms with Gasteiger partial charge in [0.1, 0.15) is 0 Å². The molecule has 0 amide bonds. The molecule has 0 spiro atoms. The van der Waals surface area contributed by atoms with Gasteiger partial charge in [-0.25, -0.2) is 0 Å². The molecule has 3 heteroatoms. The maximum absolute atomic E-state index is 9.19. The second-order valence-electron chi connectivity index (χ2n) is 4.77. The van der Waals surface area contributed by atoms with E-state index in [2.05, 4.69) is 35.8 Å². The topological polar surface area (TPSA) is 35.8 Å². The van der Waals surface area contributed by atoms with Crippen molar-refractivity contribution in [2.24, 2.45) is 5.92 Å². The Labute approximate surface area is 108 Å². The second kappa shape index (κ2) is 6.18. The smallest absolute Gasteiger partial charge is 0.0672 e. The van der Waals surface area contributed by atoms with Gasteiger partial charge >= 0.3 is 0 Å². The van der Waals surface area contributed by atoms with Gasteiger partial charge in [-0.05, 0) is 30.7 Å². The van der Waals surface area contributed by atoms with E-state index in [1.165, 1.54) is 17.7 Å². The lowest BCUT2D eigenvalue weighted by atomic mass is 9.85. The Bertz CT molecular complexity index is 366. The summed E-state index contributed by atoms with van der Waals surface area (Å²) < 4.78 is 0. The molecular weight excluding hydrogens is 228 g/mol. The van der Waals surface area contributed by atoms with Gasteiger partial charge in [0.25, 0.3) is 0 Å². The Kier molecular flexibility index (Phi) is 4.58. The van der Waals surface area contributed by atoms with Gasteiger partial charge in [-0.1, -0.05) is 25.8 Å². The van der Waals surface area contributed by atoms with Crippen molar-refractivity contribution in [3.05, 3.63) is 22.4 Å². The summed E-state index contributed by atoms with van der Waals surface area (Å²) in [5, 5.41) is 15.0. The van der Waals surface area contributed by atoms with Gasteiger partial charge in [0.05, 0.1) is 12.0 Å². The molecule has 1 fully saturated rings. The van der Waals surface area contributed by atoms with Crippen LogP contribution in [0.15, 0.2) is 17.5 Å². The molecule has 1 aliphatic carbocycles. The van der Waals surface area contributed by atoms with Gasteiger partial charge in [0.2, 0.25) is 0 Å². The predicted octanol–water partition coefficient (Wildman–Crippen LogP) is 3.87. The van der Waals surface area contributed by atoms with Crippen molar-refractivity contribution in [1.82, 2.24) is 5.32 Å². The van der Waals surface area contributed by atoms with Crippen LogP contribution in [0.1, 0.15) is 49.9 Å². The number of hydrogen-bond donors (Lipinski definition) is 1. The quantitative estimate of drug-likeness (QED) is 0.878. The first-order chi connectivity index (χ1) is 8.35. The lowest BCUT2D eigenvalue weighted by molar-refractivity contribution is 0.285. The van der Waals surface area contributed by atoms with Crippen LogP contribution in [-0.2, 0) is 0 Å². The van der Waals surface area contributed by atoms with Crippen molar-refractivity contribution in [3.8, 4) is 6.07 Å². The molecule has 0 aromatic carbocycles. The van der Waals surface area contributed by atoms with Crippen LogP contribution in [0.5, 0.6) is 0 Å². The average molecular weight is 248 g/mol. The molecule has 3 atom stereocenters. The highest BCUT2D eigenvalue weighted by molar-refractivity contribution is 7.10. The molecule has 1 aromatic heterocycles. The lowest BCUT2D eigenvalue weighted by Crippen LogP contribution is -2.39. The highest BCUT2D eigenvalue weighted by Crippen LogP contribution is 2.28. The Hall–Kier alpha value is -0.850. The van der Waals surface area contributed by atoms with E-state index in [4.69, 9.17) is 0 Å². The van der Waals surface area contributed by atoms with Crippen molar-refractivity contribution in [2.45, 2.75) is 51.1 Å². The van der Waals surface area contributed by atoms with E-state index in [0.29, 0.717) is 12.1 Å². The van der Waals surface area contributed by atoms with Crippen LogP contribution in [0.4, 0.5) is 0 Å². The third kappa shape index (κ3) is 3.08. The summed E-state index contributed by atoms with van der Waals surface area (Å²) in [6.45, 7) is 2.21. The molecule has 1 aliphatic rings. The van der Waals surface area contributed by atoms with Crippen molar-refractivity contribution in [3.63, 3.8) is 0 Å². The van der Waals surface area contributed by atoms with Gasteiger partial charge in [-0.2, -0.15) is 5.26 Å². The monoisotopic (exact) mass is 248 g/mol. The largest absolute Gasteiger partial charge is 0.305 e. The van der Waals surface area contributed by atoms with Gasteiger partial charge in [0.15, 0.2) is 0 Å². The van der Waals surface area contributed by atoms with E-state index >= 15 is 0 Å². The molecule has 2 nitrogen and oxygen atoms in total. The Morgan fingerprint density at radius 2 is 2.35 bits per heavy atom. The fourth-order valence-corrected chi connectivity index (χ4v) is 3.50. The molecule has 0 bridgehead atoms. The molecule has 92 valence electrons. The third-order valence-electron chi connectivity index (χ3n) is 3.64. The van der Waals surface area contributed by atoms with Gasteiger partial charge in [-0.3, -0.25) is 0 Å². The molecule has 17 heavy (non-hydrogen) atoms. The fourth-order valence-electron chi connectivity index (χ4n) is 2.63. The second-order valence-corrected chi connectivity index (χ2v) is 5.75. The number of nitriles is 1. The van der Waals surface area contributed by atoms with Gasteiger partial charge < -0.3 is 5.32 Å².